The molecule has 0 saturated carbocycles. The first-order chi connectivity index (χ1) is 42.8. The lowest BCUT2D eigenvalue weighted by molar-refractivity contribution is -0.161. The topological polar surface area (TPSA) is 134 Å². The van der Waals surface area contributed by atoms with Crippen molar-refractivity contribution in [2.75, 3.05) is 26.4 Å². The van der Waals surface area contributed by atoms with E-state index in [1.807, 2.05) is 0 Å². The van der Waals surface area contributed by atoms with Crippen molar-refractivity contribution in [3.8, 4) is 0 Å². The summed E-state index contributed by atoms with van der Waals surface area (Å²) in [6.45, 7) is 3.70. The Bertz CT molecular complexity index is 1610. The van der Waals surface area contributed by atoms with Crippen LogP contribution in [-0.4, -0.2) is 49.3 Å². The molecule has 0 aliphatic rings. The van der Waals surface area contributed by atoms with E-state index in [9.17, 15) is 19.0 Å². The van der Waals surface area contributed by atoms with Crippen LogP contribution in [0.3, 0.4) is 0 Å². The van der Waals surface area contributed by atoms with Gasteiger partial charge in [0.15, 0.2) is 6.10 Å². The van der Waals surface area contributed by atoms with E-state index >= 15 is 0 Å². The number of hydrogen-bond donors (Lipinski definition) is 2. The number of unbranched alkanes of at least 4 members (excludes halogenated alkanes) is 49. The fourth-order valence-corrected chi connectivity index (χ4v) is 12.1. The van der Waals surface area contributed by atoms with E-state index in [0.717, 1.165) is 57.8 Å². The molecule has 9 nitrogen and oxygen atoms in total. The Morgan fingerprint density at radius 3 is 0.954 bits per heavy atom. The van der Waals surface area contributed by atoms with E-state index in [-0.39, 0.29) is 38.6 Å². The lowest BCUT2D eigenvalue weighted by atomic mass is 10.0. The fourth-order valence-electron chi connectivity index (χ4n) is 11.3. The summed E-state index contributed by atoms with van der Waals surface area (Å²) in [5.41, 5.74) is 5.41. The molecule has 0 heterocycles. The first-order valence-electron chi connectivity index (χ1n) is 37.8. The third-order valence-electron chi connectivity index (χ3n) is 16.9. The van der Waals surface area contributed by atoms with Gasteiger partial charge in [-0.15, -0.1) is 0 Å². The molecule has 0 saturated heterocycles. The molecule has 0 spiro atoms. The van der Waals surface area contributed by atoms with Crippen molar-refractivity contribution in [3.05, 3.63) is 60.8 Å². The van der Waals surface area contributed by atoms with Crippen molar-refractivity contribution >= 4 is 19.8 Å². The monoisotopic (exact) mass is 1240 g/mol. The third-order valence-corrected chi connectivity index (χ3v) is 17.9. The number of carbonyl (C=O) groups excluding carboxylic acids is 2. The average Bonchev–Trinajstić information content (AvgIpc) is 3.64. The van der Waals surface area contributed by atoms with E-state index in [4.69, 9.17) is 24.3 Å². The number of hydrogen-bond acceptors (Lipinski definition) is 8. The highest BCUT2D eigenvalue weighted by molar-refractivity contribution is 7.47. The Kier molecular flexibility index (Phi) is 70.9. The number of rotatable bonds is 72. The predicted molar refractivity (Wildman–Crippen MR) is 376 cm³/mol. The van der Waals surface area contributed by atoms with Crippen LogP contribution in [0, 0.1) is 0 Å². The van der Waals surface area contributed by atoms with Gasteiger partial charge in [-0.3, -0.25) is 18.6 Å². The molecule has 2 unspecified atom stereocenters. The van der Waals surface area contributed by atoms with Gasteiger partial charge in [-0.05, 0) is 77.0 Å². The maximum Gasteiger partial charge on any atom is 0.472 e. The van der Waals surface area contributed by atoms with Gasteiger partial charge in [-0.1, -0.05) is 357 Å². The molecule has 0 bridgehead atoms. The van der Waals surface area contributed by atoms with Gasteiger partial charge in [-0.2, -0.15) is 0 Å². The van der Waals surface area contributed by atoms with E-state index in [2.05, 4.69) is 74.6 Å². The Morgan fingerprint density at radius 1 is 0.356 bits per heavy atom. The minimum Gasteiger partial charge on any atom is -0.462 e. The summed E-state index contributed by atoms with van der Waals surface area (Å²) < 4.78 is 33.2. The first-order valence-corrected chi connectivity index (χ1v) is 39.3. The van der Waals surface area contributed by atoms with Crippen molar-refractivity contribution in [1.29, 1.82) is 0 Å². The molecule has 0 radical (unpaired) electrons. The van der Waals surface area contributed by atoms with Gasteiger partial charge in [0.2, 0.25) is 0 Å². The van der Waals surface area contributed by atoms with E-state index in [1.54, 1.807) is 0 Å². The van der Waals surface area contributed by atoms with Gasteiger partial charge in [0.25, 0.3) is 0 Å². The number of allylic oxidation sites excluding steroid dienone is 10. The molecular formula is C77H144NO8P. The smallest absolute Gasteiger partial charge is 0.462 e. The molecule has 0 fully saturated rings. The zero-order valence-corrected chi connectivity index (χ0v) is 58.4. The summed E-state index contributed by atoms with van der Waals surface area (Å²) in [6.07, 6.45) is 94.9. The molecule has 2 atom stereocenters. The number of esters is 2. The van der Waals surface area contributed by atoms with Crippen LogP contribution in [0.1, 0.15) is 386 Å². The molecule has 10 heteroatoms. The summed E-state index contributed by atoms with van der Waals surface area (Å²) in [7, 11) is -4.39. The number of nitrogens with two attached hydrogens (primary N) is 1. The van der Waals surface area contributed by atoms with Gasteiger partial charge in [-0.25, -0.2) is 4.57 Å². The zero-order chi connectivity index (χ0) is 63.0. The Balaban J connectivity index is 3.77. The highest BCUT2D eigenvalue weighted by Gasteiger charge is 2.26. The van der Waals surface area contributed by atoms with Gasteiger partial charge >= 0.3 is 19.8 Å². The summed E-state index contributed by atoms with van der Waals surface area (Å²) in [6, 6.07) is 0. The number of carbonyl (C=O) groups is 2. The molecule has 0 aliphatic carbocycles. The third kappa shape index (κ3) is 72.6. The molecule has 0 aromatic rings. The summed E-state index contributed by atoms with van der Waals surface area (Å²) in [4.78, 5) is 35.4. The van der Waals surface area contributed by atoms with Crippen LogP contribution in [0.4, 0.5) is 0 Å². The van der Waals surface area contributed by atoms with Gasteiger partial charge in [0.1, 0.15) is 6.61 Å². The van der Waals surface area contributed by atoms with Crippen LogP contribution in [-0.2, 0) is 32.7 Å². The second-order valence-electron chi connectivity index (χ2n) is 25.5. The van der Waals surface area contributed by atoms with Crippen molar-refractivity contribution < 1.29 is 37.6 Å². The second kappa shape index (κ2) is 72.8. The quantitative estimate of drug-likeness (QED) is 0.0264. The second-order valence-corrected chi connectivity index (χ2v) is 26.9. The lowest BCUT2D eigenvalue weighted by Gasteiger charge is -2.19. The molecule has 0 aliphatic heterocycles. The maximum atomic E-state index is 12.8. The van der Waals surface area contributed by atoms with Crippen LogP contribution >= 0.6 is 7.82 Å². The summed E-state index contributed by atoms with van der Waals surface area (Å²) >= 11 is 0. The maximum absolute atomic E-state index is 12.8. The van der Waals surface area contributed by atoms with Crippen molar-refractivity contribution in [2.24, 2.45) is 5.73 Å². The number of phosphoric ester groups is 1. The highest BCUT2D eigenvalue weighted by atomic mass is 31.2. The largest absolute Gasteiger partial charge is 0.472 e. The molecule has 0 aromatic carbocycles. The van der Waals surface area contributed by atoms with Crippen LogP contribution in [0.2, 0.25) is 0 Å². The fraction of sp³-hybridized carbons (Fsp3) is 0.844. The molecule has 0 amide bonds. The Morgan fingerprint density at radius 2 is 0.632 bits per heavy atom. The van der Waals surface area contributed by atoms with Gasteiger partial charge < -0.3 is 20.1 Å². The van der Waals surface area contributed by atoms with E-state index in [1.165, 1.54) is 295 Å². The van der Waals surface area contributed by atoms with Crippen LogP contribution in [0.15, 0.2) is 60.8 Å². The molecule has 87 heavy (non-hydrogen) atoms. The first kappa shape index (κ1) is 84.7. The van der Waals surface area contributed by atoms with Crippen LogP contribution in [0.5, 0.6) is 0 Å². The van der Waals surface area contributed by atoms with E-state index in [0.29, 0.717) is 6.42 Å². The van der Waals surface area contributed by atoms with Gasteiger partial charge in [0.05, 0.1) is 13.2 Å². The highest BCUT2D eigenvalue weighted by Crippen LogP contribution is 2.43. The van der Waals surface area contributed by atoms with Crippen LogP contribution < -0.4 is 5.73 Å². The summed E-state index contributed by atoms with van der Waals surface area (Å²) in [5.74, 6) is -0.805. The molecule has 0 aromatic heterocycles. The standard InChI is InChI=1S/C77H144NO8P/c1-3-5-7-9-11-13-15-17-19-21-23-25-27-29-31-32-33-34-35-36-37-38-39-40-41-42-44-46-48-50-52-54-56-58-60-62-64-66-68-70-77(80)86-75(74-85-87(81,82)84-72-71-78)73-83-76(79)69-67-65-63-61-59-57-55-53-51-49-47-45-43-30-28-26-24-22-20-18-16-14-12-10-8-6-4-2/h5,7,11,13,17,19,22-25,75H,3-4,6,8-10,12,14-16,18,20-21,26-74,78H2,1-2H3,(H,81,82)/b7-5-,13-11-,19-17-,24-22-,25-23-. The minimum atomic E-state index is -4.39. The molecule has 510 valence electrons. The molecular weight excluding hydrogens is 1100 g/mol. The minimum absolute atomic E-state index is 0.0555. The number of ether oxygens (including phenoxy) is 2. The lowest BCUT2D eigenvalue weighted by Crippen LogP contribution is -2.29. The Labute approximate surface area is 539 Å². The SMILES string of the molecule is CC/C=C\C/C=C\C/C=C\C/C=C\CCCCCCCCCCCCCCCCCCCCCCCCCCCCC(=O)OC(COC(=O)CCCCCCCCCCCCCCCCC/C=C\CCCCCCCCCC)COP(=O)(O)OCCN. The van der Waals surface area contributed by atoms with E-state index < -0.39 is 26.5 Å². The normalized spacial score (nSPS) is 13.2. The van der Waals surface area contributed by atoms with Crippen molar-refractivity contribution in [3.63, 3.8) is 0 Å². The van der Waals surface area contributed by atoms with Crippen LogP contribution in [0.25, 0.3) is 0 Å². The Hall–Kier alpha value is -2.29. The number of phosphoric acid groups is 1. The van der Waals surface area contributed by atoms with Crippen molar-refractivity contribution in [2.45, 2.75) is 392 Å². The predicted octanol–water partition coefficient (Wildman–Crippen LogP) is 25.0. The average molecular weight is 1240 g/mol. The van der Waals surface area contributed by atoms with Gasteiger partial charge in [0, 0.05) is 19.4 Å². The van der Waals surface area contributed by atoms with Crippen molar-refractivity contribution in [1.82, 2.24) is 0 Å². The zero-order valence-electron chi connectivity index (χ0n) is 57.5. The molecule has 0 rings (SSSR count). The summed E-state index contributed by atoms with van der Waals surface area (Å²) in [5, 5.41) is 0. The molecule has 3 N–H and O–H groups in total.